The van der Waals surface area contributed by atoms with Crippen LogP contribution in [-0.4, -0.2) is 6.54 Å². The van der Waals surface area contributed by atoms with Gasteiger partial charge in [-0.3, -0.25) is 0 Å². The Labute approximate surface area is 130 Å². The maximum Gasteiger partial charge on any atom is -0.00513 e. The van der Waals surface area contributed by atoms with Gasteiger partial charge in [0.1, 0.15) is 0 Å². The molecule has 2 N–H and O–H groups in total. The normalized spacial score (nSPS) is 12.2. The standard InChI is InChI=1S/C12H10.C8H19N/c1-3-7-11(8-4-1)12-9-5-2-6-10-12;1-7(6-9)5-8(2,3)4/h1-10H;7H,5-6,9H2,1-4H3. The summed E-state index contributed by atoms with van der Waals surface area (Å²) in [5.74, 6) is 0.671. The van der Waals surface area contributed by atoms with Gasteiger partial charge < -0.3 is 5.73 Å². The summed E-state index contributed by atoms with van der Waals surface area (Å²) in [5.41, 5.74) is 8.47. The fourth-order valence-electron chi connectivity index (χ4n) is 2.39. The zero-order valence-electron chi connectivity index (χ0n) is 13.8. The van der Waals surface area contributed by atoms with E-state index in [0.29, 0.717) is 11.3 Å². The topological polar surface area (TPSA) is 26.0 Å². The molecular weight excluding hydrogens is 254 g/mol. The third kappa shape index (κ3) is 7.67. The summed E-state index contributed by atoms with van der Waals surface area (Å²) < 4.78 is 0. The van der Waals surface area contributed by atoms with Gasteiger partial charge in [0, 0.05) is 0 Å². The van der Waals surface area contributed by atoms with Crippen LogP contribution in [0.1, 0.15) is 34.1 Å². The Hall–Kier alpha value is -1.60. The summed E-state index contributed by atoms with van der Waals surface area (Å²) in [4.78, 5) is 0. The van der Waals surface area contributed by atoms with Crippen LogP contribution in [0.3, 0.4) is 0 Å². The smallest absolute Gasteiger partial charge is 0.00513 e. The van der Waals surface area contributed by atoms with Gasteiger partial charge in [0.05, 0.1) is 0 Å². The van der Waals surface area contributed by atoms with Crippen molar-refractivity contribution < 1.29 is 0 Å². The Kier molecular flexibility index (Phi) is 7.18. The SMILES string of the molecule is CC(CN)CC(C)(C)C.c1ccc(-c2ccccc2)cc1. The average molecular weight is 283 g/mol. The Morgan fingerprint density at radius 3 is 1.43 bits per heavy atom. The molecular formula is C20H29N. The van der Waals surface area contributed by atoms with Gasteiger partial charge in [-0.1, -0.05) is 88.4 Å². The third-order valence-corrected chi connectivity index (χ3v) is 3.24. The molecule has 0 aromatic heterocycles. The Morgan fingerprint density at radius 2 is 1.19 bits per heavy atom. The van der Waals surface area contributed by atoms with Crippen LogP contribution in [0.15, 0.2) is 60.7 Å². The molecule has 0 fully saturated rings. The van der Waals surface area contributed by atoms with Crippen LogP contribution in [0.4, 0.5) is 0 Å². The van der Waals surface area contributed by atoms with Crippen molar-refractivity contribution >= 4 is 0 Å². The van der Waals surface area contributed by atoms with Crippen LogP contribution >= 0.6 is 0 Å². The summed E-state index contributed by atoms with van der Waals surface area (Å²) in [6, 6.07) is 20.8. The van der Waals surface area contributed by atoms with Crippen LogP contribution in [0, 0.1) is 11.3 Å². The van der Waals surface area contributed by atoms with Crippen molar-refractivity contribution in [2.24, 2.45) is 17.1 Å². The second kappa shape index (κ2) is 8.63. The number of nitrogens with two attached hydrogens (primary N) is 1. The minimum Gasteiger partial charge on any atom is -0.330 e. The number of rotatable bonds is 3. The first-order chi connectivity index (χ1) is 9.92. The molecule has 0 amide bonds. The van der Waals surface area contributed by atoms with E-state index in [2.05, 4.69) is 76.2 Å². The molecule has 1 unspecified atom stereocenters. The summed E-state index contributed by atoms with van der Waals surface area (Å²) in [6.45, 7) is 9.76. The van der Waals surface area contributed by atoms with E-state index in [4.69, 9.17) is 5.73 Å². The van der Waals surface area contributed by atoms with E-state index in [9.17, 15) is 0 Å². The molecule has 0 heterocycles. The molecule has 2 aromatic rings. The van der Waals surface area contributed by atoms with Crippen molar-refractivity contribution in [3.05, 3.63) is 60.7 Å². The molecule has 114 valence electrons. The van der Waals surface area contributed by atoms with E-state index in [1.165, 1.54) is 17.5 Å². The van der Waals surface area contributed by atoms with Crippen molar-refractivity contribution in [3.63, 3.8) is 0 Å². The first-order valence-corrected chi connectivity index (χ1v) is 7.73. The van der Waals surface area contributed by atoms with Crippen molar-refractivity contribution in [3.8, 4) is 11.1 Å². The predicted octanol–water partition coefficient (Wildman–Crippen LogP) is 5.37. The molecule has 2 aromatic carbocycles. The molecule has 0 spiro atoms. The van der Waals surface area contributed by atoms with E-state index in [-0.39, 0.29) is 0 Å². The molecule has 0 radical (unpaired) electrons. The lowest BCUT2D eigenvalue weighted by atomic mass is 9.86. The average Bonchev–Trinajstić information content (AvgIpc) is 2.48. The largest absolute Gasteiger partial charge is 0.330 e. The highest BCUT2D eigenvalue weighted by atomic mass is 14.5. The van der Waals surface area contributed by atoms with Gasteiger partial charge in [-0.25, -0.2) is 0 Å². The van der Waals surface area contributed by atoms with E-state index in [1.807, 2.05) is 12.1 Å². The van der Waals surface area contributed by atoms with Crippen LogP contribution in [0.25, 0.3) is 11.1 Å². The quantitative estimate of drug-likeness (QED) is 0.805. The molecule has 0 saturated heterocycles. The van der Waals surface area contributed by atoms with E-state index in [0.717, 1.165) is 6.54 Å². The Bertz CT molecular complexity index is 445. The second-order valence-electron chi connectivity index (χ2n) is 6.84. The monoisotopic (exact) mass is 283 g/mol. The molecule has 1 atom stereocenters. The molecule has 2 rings (SSSR count). The lowest BCUT2D eigenvalue weighted by Gasteiger charge is -2.21. The zero-order valence-corrected chi connectivity index (χ0v) is 13.8. The molecule has 1 nitrogen and oxygen atoms in total. The van der Waals surface area contributed by atoms with Gasteiger partial charge in [-0.05, 0) is 35.4 Å². The van der Waals surface area contributed by atoms with E-state index < -0.39 is 0 Å². The molecule has 0 aliphatic heterocycles. The number of hydrogen-bond acceptors (Lipinski definition) is 1. The fourth-order valence-corrected chi connectivity index (χ4v) is 2.39. The van der Waals surface area contributed by atoms with Crippen molar-refractivity contribution in [1.82, 2.24) is 0 Å². The zero-order chi connectivity index (χ0) is 15.7. The van der Waals surface area contributed by atoms with Crippen molar-refractivity contribution in [2.45, 2.75) is 34.1 Å². The number of benzene rings is 2. The second-order valence-corrected chi connectivity index (χ2v) is 6.84. The maximum absolute atomic E-state index is 5.48. The van der Waals surface area contributed by atoms with Crippen molar-refractivity contribution in [2.75, 3.05) is 6.54 Å². The molecule has 21 heavy (non-hydrogen) atoms. The lowest BCUT2D eigenvalue weighted by Crippen LogP contribution is -2.17. The molecule has 0 saturated carbocycles. The van der Waals surface area contributed by atoms with Gasteiger partial charge in [0.15, 0.2) is 0 Å². The van der Waals surface area contributed by atoms with Gasteiger partial charge >= 0.3 is 0 Å². The maximum atomic E-state index is 5.48. The first kappa shape index (κ1) is 17.5. The predicted molar refractivity (Wildman–Crippen MR) is 94.2 cm³/mol. The van der Waals surface area contributed by atoms with Gasteiger partial charge in [-0.15, -0.1) is 0 Å². The highest BCUT2D eigenvalue weighted by molar-refractivity contribution is 5.62. The molecule has 0 aliphatic rings. The van der Waals surface area contributed by atoms with E-state index in [1.54, 1.807) is 0 Å². The minimum absolute atomic E-state index is 0.443. The van der Waals surface area contributed by atoms with E-state index >= 15 is 0 Å². The molecule has 0 bridgehead atoms. The Balaban J connectivity index is 0.000000222. The third-order valence-electron chi connectivity index (χ3n) is 3.24. The van der Waals surface area contributed by atoms with Crippen LogP contribution < -0.4 is 5.73 Å². The van der Waals surface area contributed by atoms with Crippen LogP contribution in [0.5, 0.6) is 0 Å². The highest BCUT2D eigenvalue weighted by Crippen LogP contribution is 2.23. The van der Waals surface area contributed by atoms with Gasteiger partial charge in [0.25, 0.3) is 0 Å². The van der Waals surface area contributed by atoms with Crippen molar-refractivity contribution in [1.29, 1.82) is 0 Å². The van der Waals surface area contributed by atoms with Crippen LogP contribution in [0.2, 0.25) is 0 Å². The first-order valence-electron chi connectivity index (χ1n) is 7.73. The molecule has 0 aliphatic carbocycles. The summed E-state index contributed by atoms with van der Waals surface area (Å²) in [5, 5.41) is 0. The highest BCUT2D eigenvalue weighted by Gasteiger charge is 2.13. The summed E-state index contributed by atoms with van der Waals surface area (Å²) in [7, 11) is 0. The van der Waals surface area contributed by atoms with Crippen LogP contribution in [-0.2, 0) is 0 Å². The fraction of sp³-hybridized carbons (Fsp3) is 0.400. The minimum atomic E-state index is 0.443. The van der Waals surface area contributed by atoms with Gasteiger partial charge in [0.2, 0.25) is 0 Å². The number of hydrogen-bond donors (Lipinski definition) is 1. The molecule has 1 heteroatoms. The van der Waals surface area contributed by atoms with Gasteiger partial charge in [-0.2, -0.15) is 0 Å². The Morgan fingerprint density at radius 1 is 0.810 bits per heavy atom. The summed E-state index contributed by atoms with van der Waals surface area (Å²) >= 11 is 0. The summed E-state index contributed by atoms with van der Waals surface area (Å²) in [6.07, 6.45) is 1.23. The lowest BCUT2D eigenvalue weighted by molar-refractivity contribution is 0.311.